The third-order valence-electron chi connectivity index (χ3n) is 4.36. The lowest BCUT2D eigenvalue weighted by atomic mass is 9.93. The zero-order valence-electron chi connectivity index (χ0n) is 15.7. The summed E-state index contributed by atoms with van der Waals surface area (Å²) in [7, 11) is 0. The number of nitrogens with zero attached hydrogens (tertiary/aromatic N) is 1. The minimum absolute atomic E-state index is 0.253. The first-order valence-electron chi connectivity index (χ1n) is 8.68. The minimum atomic E-state index is -0.611. The Bertz CT molecular complexity index is 948. The lowest BCUT2D eigenvalue weighted by molar-refractivity contribution is -0.118. The first-order chi connectivity index (χ1) is 13.2. The molecule has 1 aromatic carbocycles. The number of nitriles is 1. The summed E-state index contributed by atoms with van der Waals surface area (Å²) in [5, 5.41) is 12.8. The Balaban J connectivity index is 2.37. The van der Waals surface area contributed by atoms with Crippen LogP contribution in [0.5, 0.6) is 0 Å². The van der Waals surface area contributed by atoms with E-state index in [1.165, 1.54) is 0 Å². The van der Waals surface area contributed by atoms with Gasteiger partial charge in [0.25, 0.3) is 0 Å². The van der Waals surface area contributed by atoms with Gasteiger partial charge in [-0.05, 0) is 68.2 Å². The SMILES string of the molecule is CC1=C(C#N)CCC(C(=O)NC(/C(N)=C/C=C(/C)N)c2ccc(Cl)c(Cl)c2)=C1. The van der Waals surface area contributed by atoms with Crippen LogP contribution >= 0.6 is 23.2 Å². The van der Waals surface area contributed by atoms with E-state index >= 15 is 0 Å². The van der Waals surface area contributed by atoms with E-state index in [-0.39, 0.29) is 5.91 Å². The van der Waals surface area contributed by atoms with Crippen molar-refractivity contribution in [1.82, 2.24) is 5.32 Å². The molecule has 0 aliphatic heterocycles. The maximum atomic E-state index is 12.9. The lowest BCUT2D eigenvalue weighted by Crippen LogP contribution is -2.33. The molecule has 1 aromatic rings. The molecule has 5 nitrogen and oxygen atoms in total. The number of nitrogens with one attached hydrogen (secondary N) is 1. The topological polar surface area (TPSA) is 105 Å². The number of benzene rings is 1. The second-order valence-corrected chi connectivity index (χ2v) is 7.41. The maximum absolute atomic E-state index is 12.9. The zero-order chi connectivity index (χ0) is 20.8. The fraction of sp³-hybridized carbons (Fsp3) is 0.238. The van der Waals surface area contributed by atoms with Gasteiger partial charge in [-0.3, -0.25) is 4.79 Å². The van der Waals surface area contributed by atoms with Crippen molar-refractivity contribution in [3.8, 4) is 6.07 Å². The largest absolute Gasteiger partial charge is 0.402 e. The van der Waals surface area contributed by atoms with Crippen LogP contribution in [0.25, 0.3) is 0 Å². The number of allylic oxidation sites excluding steroid dienone is 6. The van der Waals surface area contributed by atoms with Crippen LogP contribution in [0, 0.1) is 11.3 Å². The summed E-state index contributed by atoms with van der Waals surface area (Å²) in [5.41, 5.74) is 15.7. The van der Waals surface area contributed by atoms with Crippen molar-refractivity contribution in [2.75, 3.05) is 0 Å². The number of carbonyl (C=O) groups excluding carboxylic acids is 1. The standard InChI is InChI=1S/C21H22Cl2N4O/c1-12-9-15(4-5-16(12)11-24)21(28)27-20(19(26)8-3-13(2)25)14-6-7-17(22)18(23)10-14/h3,6-10,20H,4-5,25-26H2,1-2H3,(H,27,28)/b13-3-,19-8-. The predicted molar refractivity (Wildman–Crippen MR) is 113 cm³/mol. The van der Waals surface area contributed by atoms with E-state index in [4.69, 9.17) is 39.9 Å². The van der Waals surface area contributed by atoms with Crippen molar-refractivity contribution in [3.63, 3.8) is 0 Å². The number of amides is 1. The Kier molecular flexibility index (Phi) is 7.33. The van der Waals surface area contributed by atoms with Crippen molar-refractivity contribution in [3.05, 3.63) is 80.1 Å². The molecule has 0 bridgehead atoms. The fourth-order valence-electron chi connectivity index (χ4n) is 2.80. The van der Waals surface area contributed by atoms with E-state index < -0.39 is 6.04 Å². The Morgan fingerprint density at radius 2 is 1.96 bits per heavy atom. The zero-order valence-corrected chi connectivity index (χ0v) is 17.2. The highest BCUT2D eigenvalue weighted by molar-refractivity contribution is 6.42. The van der Waals surface area contributed by atoms with Gasteiger partial charge in [0.05, 0.1) is 22.2 Å². The van der Waals surface area contributed by atoms with Crippen LogP contribution in [0.4, 0.5) is 0 Å². The van der Waals surface area contributed by atoms with E-state index in [2.05, 4.69) is 11.4 Å². The van der Waals surface area contributed by atoms with E-state index in [1.807, 2.05) is 6.92 Å². The molecule has 0 aromatic heterocycles. The Hall–Kier alpha value is -2.68. The summed E-state index contributed by atoms with van der Waals surface area (Å²) in [6.45, 7) is 3.57. The number of hydrogen-bond acceptors (Lipinski definition) is 4. The molecule has 146 valence electrons. The van der Waals surface area contributed by atoms with Gasteiger partial charge >= 0.3 is 0 Å². The third-order valence-corrected chi connectivity index (χ3v) is 5.10. The van der Waals surface area contributed by atoms with Crippen molar-refractivity contribution in [2.45, 2.75) is 32.7 Å². The molecule has 1 amide bonds. The van der Waals surface area contributed by atoms with Crippen LogP contribution in [0.3, 0.4) is 0 Å². The highest BCUT2D eigenvalue weighted by Crippen LogP contribution is 2.29. The highest BCUT2D eigenvalue weighted by atomic mass is 35.5. The van der Waals surface area contributed by atoms with Gasteiger partial charge in [-0.15, -0.1) is 0 Å². The molecule has 0 fully saturated rings. The van der Waals surface area contributed by atoms with Crippen LogP contribution in [0.2, 0.25) is 10.0 Å². The molecule has 5 N–H and O–H groups in total. The summed E-state index contributed by atoms with van der Waals surface area (Å²) in [6.07, 6.45) is 6.09. The van der Waals surface area contributed by atoms with Crippen molar-refractivity contribution in [1.29, 1.82) is 5.26 Å². The van der Waals surface area contributed by atoms with Crippen LogP contribution in [0.15, 0.2) is 64.5 Å². The van der Waals surface area contributed by atoms with Gasteiger partial charge in [0.2, 0.25) is 5.91 Å². The van der Waals surface area contributed by atoms with Crippen LogP contribution in [-0.2, 0) is 4.79 Å². The number of carbonyl (C=O) groups is 1. The minimum Gasteiger partial charge on any atom is -0.402 e. The van der Waals surface area contributed by atoms with Gasteiger partial charge in [0.1, 0.15) is 0 Å². The molecule has 0 heterocycles. The Morgan fingerprint density at radius 3 is 2.54 bits per heavy atom. The highest BCUT2D eigenvalue weighted by Gasteiger charge is 2.22. The average molecular weight is 417 g/mol. The monoisotopic (exact) mass is 416 g/mol. The quantitative estimate of drug-likeness (QED) is 0.617. The Morgan fingerprint density at radius 1 is 1.25 bits per heavy atom. The van der Waals surface area contributed by atoms with Crippen LogP contribution < -0.4 is 16.8 Å². The molecule has 2 rings (SSSR count). The van der Waals surface area contributed by atoms with Gasteiger partial charge in [0.15, 0.2) is 0 Å². The fourth-order valence-corrected chi connectivity index (χ4v) is 3.11. The molecule has 1 atom stereocenters. The summed E-state index contributed by atoms with van der Waals surface area (Å²) in [4.78, 5) is 12.9. The van der Waals surface area contributed by atoms with E-state index in [9.17, 15) is 4.79 Å². The molecule has 7 heteroatoms. The number of hydrogen-bond donors (Lipinski definition) is 3. The first kappa shape index (κ1) is 21.6. The van der Waals surface area contributed by atoms with E-state index in [0.29, 0.717) is 51.0 Å². The molecule has 1 unspecified atom stereocenters. The molecule has 0 saturated heterocycles. The average Bonchev–Trinajstić information content (AvgIpc) is 2.66. The number of nitrogens with two attached hydrogens (primary N) is 2. The van der Waals surface area contributed by atoms with Gasteiger partial charge in [-0.1, -0.05) is 29.3 Å². The number of rotatable bonds is 5. The molecular formula is C21H22Cl2N4O. The lowest BCUT2D eigenvalue weighted by Gasteiger charge is -2.22. The van der Waals surface area contributed by atoms with Gasteiger partial charge in [-0.2, -0.15) is 5.26 Å². The second kappa shape index (κ2) is 9.50. The van der Waals surface area contributed by atoms with Gasteiger partial charge in [0, 0.05) is 22.5 Å². The van der Waals surface area contributed by atoms with Crippen molar-refractivity contribution < 1.29 is 4.79 Å². The van der Waals surface area contributed by atoms with Crippen LogP contribution in [0.1, 0.15) is 38.3 Å². The third kappa shape index (κ3) is 5.41. The summed E-state index contributed by atoms with van der Waals surface area (Å²) in [6, 6.07) is 6.64. The molecule has 1 aliphatic carbocycles. The smallest absolute Gasteiger partial charge is 0.248 e. The Labute approximate surface area is 175 Å². The summed E-state index contributed by atoms with van der Waals surface area (Å²) >= 11 is 12.1. The summed E-state index contributed by atoms with van der Waals surface area (Å²) < 4.78 is 0. The van der Waals surface area contributed by atoms with Gasteiger partial charge in [-0.25, -0.2) is 0 Å². The molecule has 0 saturated carbocycles. The van der Waals surface area contributed by atoms with E-state index in [1.54, 1.807) is 43.4 Å². The molecular weight excluding hydrogens is 395 g/mol. The molecule has 0 radical (unpaired) electrons. The molecule has 0 spiro atoms. The normalized spacial score (nSPS) is 16.3. The molecule has 1 aliphatic rings. The molecule has 28 heavy (non-hydrogen) atoms. The first-order valence-corrected chi connectivity index (χ1v) is 9.44. The maximum Gasteiger partial charge on any atom is 0.248 e. The predicted octanol–water partition coefficient (Wildman–Crippen LogP) is 4.42. The van der Waals surface area contributed by atoms with Crippen molar-refractivity contribution in [2.24, 2.45) is 11.5 Å². The van der Waals surface area contributed by atoms with Crippen LogP contribution in [-0.4, -0.2) is 5.91 Å². The number of halogens is 2. The summed E-state index contributed by atoms with van der Waals surface area (Å²) in [5.74, 6) is -0.253. The second-order valence-electron chi connectivity index (χ2n) is 6.60. The van der Waals surface area contributed by atoms with E-state index in [0.717, 1.165) is 5.57 Å². The van der Waals surface area contributed by atoms with Gasteiger partial charge < -0.3 is 16.8 Å². The van der Waals surface area contributed by atoms with Crippen molar-refractivity contribution >= 4 is 29.1 Å².